The summed E-state index contributed by atoms with van der Waals surface area (Å²) in [5.41, 5.74) is 6.29. The molecule has 2 rings (SSSR count). The lowest BCUT2D eigenvalue weighted by atomic mass is 9.86. The Morgan fingerprint density at radius 3 is 2.36 bits per heavy atom. The van der Waals surface area contributed by atoms with Crippen molar-refractivity contribution in [2.45, 2.75) is 81.8 Å². The monoisotopic (exact) mass is 315 g/mol. The molecule has 6 nitrogen and oxygen atoms in total. The van der Waals surface area contributed by atoms with Gasteiger partial charge in [0.15, 0.2) is 5.76 Å². The molecule has 1 saturated carbocycles. The van der Waals surface area contributed by atoms with E-state index in [4.69, 9.17) is 15.2 Å². The van der Waals surface area contributed by atoms with Gasteiger partial charge in [-0.2, -0.15) is 0 Å². The maximum atomic E-state index is 9.80. The molecule has 1 fully saturated rings. The second-order valence-corrected chi connectivity index (χ2v) is 6.59. The Hall–Kier alpha value is -0.820. The van der Waals surface area contributed by atoms with Crippen LogP contribution in [0.15, 0.2) is 12.0 Å². The van der Waals surface area contributed by atoms with Crippen LogP contribution in [0.25, 0.3) is 0 Å². The number of ether oxygens (including phenoxy) is 2. The molecule has 128 valence electrons. The zero-order valence-electron chi connectivity index (χ0n) is 13.1. The number of aliphatic hydroxyl groups is 3. The smallest absolute Gasteiger partial charge is 0.228 e. The molecule has 0 radical (unpaired) electrons. The minimum atomic E-state index is -1.37. The molecule has 0 saturated heterocycles. The van der Waals surface area contributed by atoms with Gasteiger partial charge in [0.05, 0.1) is 6.61 Å². The van der Waals surface area contributed by atoms with E-state index < -0.39 is 18.5 Å². The number of hydrogen-bond donors (Lipinski definition) is 4. The van der Waals surface area contributed by atoms with E-state index in [1.54, 1.807) is 0 Å². The van der Waals surface area contributed by atoms with Crippen LogP contribution in [0.4, 0.5) is 0 Å². The quantitative estimate of drug-likeness (QED) is 0.629. The van der Waals surface area contributed by atoms with E-state index in [1.807, 2.05) is 0 Å². The van der Waals surface area contributed by atoms with Gasteiger partial charge in [-0.3, -0.25) is 0 Å². The van der Waals surface area contributed by atoms with Crippen LogP contribution in [0.3, 0.4) is 0 Å². The van der Waals surface area contributed by atoms with Crippen molar-refractivity contribution in [3.63, 3.8) is 0 Å². The summed E-state index contributed by atoms with van der Waals surface area (Å²) >= 11 is 0. The van der Waals surface area contributed by atoms with Crippen molar-refractivity contribution in [1.29, 1.82) is 0 Å². The van der Waals surface area contributed by atoms with Crippen molar-refractivity contribution in [3.8, 4) is 0 Å². The van der Waals surface area contributed by atoms with Crippen molar-refractivity contribution in [3.05, 3.63) is 12.0 Å². The highest BCUT2D eigenvalue weighted by molar-refractivity contribution is 5.01. The van der Waals surface area contributed by atoms with Crippen molar-refractivity contribution in [1.82, 2.24) is 0 Å². The van der Waals surface area contributed by atoms with Crippen LogP contribution in [-0.2, 0) is 9.47 Å². The van der Waals surface area contributed by atoms with E-state index >= 15 is 0 Å². The summed E-state index contributed by atoms with van der Waals surface area (Å²) in [6.07, 6.45) is 7.43. The van der Waals surface area contributed by atoms with Crippen molar-refractivity contribution < 1.29 is 24.8 Å². The van der Waals surface area contributed by atoms with Gasteiger partial charge in [-0.05, 0) is 19.3 Å². The molecule has 3 atom stereocenters. The average Bonchev–Trinajstić information content (AvgIpc) is 2.60. The second-order valence-electron chi connectivity index (χ2n) is 6.59. The third kappa shape index (κ3) is 4.84. The SMILES string of the molecule is NC1(CCO[C@@H]2OC=C(O)C(O)C2O)CCCCCCCC1. The molecule has 22 heavy (non-hydrogen) atoms. The molecule has 0 spiro atoms. The minimum Gasteiger partial charge on any atom is -0.506 e. The fourth-order valence-electron chi connectivity index (χ4n) is 3.16. The largest absolute Gasteiger partial charge is 0.506 e. The van der Waals surface area contributed by atoms with E-state index in [1.165, 1.54) is 25.7 Å². The summed E-state index contributed by atoms with van der Waals surface area (Å²) in [6, 6.07) is 0. The van der Waals surface area contributed by atoms with E-state index in [2.05, 4.69) is 0 Å². The topological polar surface area (TPSA) is 105 Å². The number of rotatable bonds is 4. The molecule has 0 bridgehead atoms. The summed E-state index contributed by atoms with van der Waals surface area (Å²) in [5.74, 6) is -0.390. The van der Waals surface area contributed by atoms with Gasteiger partial charge in [0.2, 0.25) is 6.29 Å². The summed E-state index contributed by atoms with van der Waals surface area (Å²) in [7, 11) is 0. The lowest BCUT2D eigenvalue weighted by molar-refractivity contribution is -0.206. The standard InChI is InChI=1S/C16H29NO5/c17-16(7-5-3-1-2-4-6-8-16)9-10-21-15-14(20)13(19)12(18)11-22-15/h11,13-15,18-20H,1-10,17H2/t13?,14?,15-/m1/s1. The molecular weight excluding hydrogens is 286 g/mol. The van der Waals surface area contributed by atoms with E-state index in [0.29, 0.717) is 13.0 Å². The normalized spacial score (nSPS) is 33.0. The molecule has 1 aliphatic carbocycles. The lowest BCUT2D eigenvalue weighted by Crippen LogP contribution is -2.46. The Balaban J connectivity index is 1.79. The third-order valence-electron chi connectivity index (χ3n) is 4.71. The van der Waals surface area contributed by atoms with Crippen LogP contribution < -0.4 is 5.73 Å². The Morgan fingerprint density at radius 1 is 1.14 bits per heavy atom. The van der Waals surface area contributed by atoms with E-state index in [0.717, 1.165) is 31.9 Å². The Labute approximate surface area is 131 Å². The molecule has 6 heteroatoms. The highest BCUT2D eigenvalue weighted by atomic mass is 16.7. The van der Waals surface area contributed by atoms with Gasteiger partial charge in [0, 0.05) is 5.54 Å². The molecule has 2 aliphatic rings. The van der Waals surface area contributed by atoms with Crippen LogP contribution in [0.2, 0.25) is 0 Å². The van der Waals surface area contributed by atoms with Gasteiger partial charge in [-0.15, -0.1) is 0 Å². The third-order valence-corrected chi connectivity index (χ3v) is 4.71. The van der Waals surface area contributed by atoms with Gasteiger partial charge < -0.3 is 30.5 Å². The summed E-state index contributed by atoms with van der Waals surface area (Å²) in [6.45, 7) is 0.361. The van der Waals surface area contributed by atoms with Gasteiger partial charge in [0.25, 0.3) is 0 Å². The van der Waals surface area contributed by atoms with Crippen molar-refractivity contribution in [2.24, 2.45) is 5.73 Å². The van der Waals surface area contributed by atoms with Crippen LogP contribution in [0, 0.1) is 0 Å². The lowest BCUT2D eigenvalue weighted by Gasteiger charge is -2.32. The van der Waals surface area contributed by atoms with Crippen LogP contribution in [0.1, 0.15) is 57.8 Å². The van der Waals surface area contributed by atoms with Gasteiger partial charge in [-0.1, -0.05) is 38.5 Å². The van der Waals surface area contributed by atoms with Gasteiger partial charge in [-0.25, -0.2) is 0 Å². The molecule has 2 unspecified atom stereocenters. The predicted molar refractivity (Wildman–Crippen MR) is 82.0 cm³/mol. The first-order chi connectivity index (χ1) is 10.5. The fraction of sp³-hybridized carbons (Fsp3) is 0.875. The molecule has 0 aromatic rings. The first kappa shape index (κ1) is 17.5. The Kier molecular flexibility index (Phi) is 6.50. The highest BCUT2D eigenvalue weighted by Crippen LogP contribution is 2.27. The molecular formula is C16H29NO5. The number of nitrogens with two attached hydrogens (primary N) is 1. The van der Waals surface area contributed by atoms with Crippen LogP contribution in [-0.4, -0.2) is 46.0 Å². The molecule has 5 N–H and O–H groups in total. The minimum absolute atomic E-state index is 0.222. The fourth-order valence-corrected chi connectivity index (χ4v) is 3.16. The Morgan fingerprint density at radius 2 is 1.73 bits per heavy atom. The molecule has 0 amide bonds. The van der Waals surface area contributed by atoms with E-state index in [-0.39, 0.29) is 11.3 Å². The summed E-state index contributed by atoms with van der Waals surface area (Å²) < 4.78 is 10.6. The first-order valence-electron chi connectivity index (χ1n) is 8.33. The summed E-state index contributed by atoms with van der Waals surface area (Å²) in [5, 5.41) is 28.6. The Bertz CT molecular complexity index is 364. The second kappa shape index (κ2) is 8.15. The maximum absolute atomic E-state index is 9.80. The van der Waals surface area contributed by atoms with Gasteiger partial charge >= 0.3 is 0 Å². The maximum Gasteiger partial charge on any atom is 0.228 e. The number of hydrogen-bond acceptors (Lipinski definition) is 6. The van der Waals surface area contributed by atoms with Gasteiger partial charge in [0.1, 0.15) is 18.5 Å². The molecule has 1 heterocycles. The van der Waals surface area contributed by atoms with Crippen LogP contribution in [0.5, 0.6) is 0 Å². The number of aliphatic hydroxyl groups excluding tert-OH is 3. The highest BCUT2D eigenvalue weighted by Gasteiger charge is 2.35. The summed E-state index contributed by atoms with van der Waals surface area (Å²) in [4.78, 5) is 0. The van der Waals surface area contributed by atoms with Crippen molar-refractivity contribution >= 4 is 0 Å². The average molecular weight is 315 g/mol. The zero-order chi connectivity index (χ0) is 16.0. The molecule has 0 aromatic heterocycles. The van der Waals surface area contributed by atoms with E-state index in [9.17, 15) is 15.3 Å². The van der Waals surface area contributed by atoms with Crippen LogP contribution >= 0.6 is 0 Å². The molecule has 0 aromatic carbocycles. The van der Waals surface area contributed by atoms with Crippen molar-refractivity contribution in [2.75, 3.05) is 6.61 Å². The molecule has 1 aliphatic heterocycles. The first-order valence-corrected chi connectivity index (χ1v) is 8.33. The zero-order valence-corrected chi connectivity index (χ0v) is 13.1. The predicted octanol–water partition coefficient (Wildman–Crippen LogP) is 1.70.